The molecule has 3 rings (SSSR count). The minimum Gasteiger partial charge on any atom is -0.493 e. The number of hydrogen-bond donors (Lipinski definition) is 1. The first-order valence-corrected chi connectivity index (χ1v) is 10.3. The zero-order valence-corrected chi connectivity index (χ0v) is 15.5. The van der Waals surface area contributed by atoms with Gasteiger partial charge in [0.05, 0.1) is 23.7 Å². The Kier molecular flexibility index (Phi) is 5.38. The second-order valence-electron chi connectivity index (χ2n) is 6.77. The average Bonchev–Trinajstić information content (AvgIpc) is 2.98. The van der Waals surface area contributed by atoms with Gasteiger partial charge >= 0.3 is 6.18 Å². The number of rotatable bonds is 5. The fraction of sp³-hybridized carbons (Fsp3) is 0.316. The van der Waals surface area contributed by atoms with E-state index in [0.29, 0.717) is 12.0 Å². The molecular formula is C19H18F3NO4S. The van der Waals surface area contributed by atoms with Gasteiger partial charge in [-0.25, -0.2) is 8.42 Å². The summed E-state index contributed by atoms with van der Waals surface area (Å²) in [6.07, 6.45) is -4.14. The van der Waals surface area contributed by atoms with Crippen molar-refractivity contribution in [1.82, 2.24) is 0 Å². The van der Waals surface area contributed by atoms with E-state index in [9.17, 15) is 26.4 Å². The fourth-order valence-electron chi connectivity index (χ4n) is 3.06. The molecule has 28 heavy (non-hydrogen) atoms. The predicted molar refractivity (Wildman–Crippen MR) is 97.7 cm³/mol. The Morgan fingerprint density at radius 1 is 1.11 bits per heavy atom. The van der Waals surface area contributed by atoms with Gasteiger partial charge < -0.3 is 10.5 Å². The number of ether oxygens (including phenoxy) is 1. The van der Waals surface area contributed by atoms with Crippen LogP contribution in [0, 0.1) is 5.92 Å². The van der Waals surface area contributed by atoms with Crippen LogP contribution < -0.4 is 10.5 Å². The van der Waals surface area contributed by atoms with Gasteiger partial charge in [0.2, 0.25) is 5.91 Å². The summed E-state index contributed by atoms with van der Waals surface area (Å²) in [5.41, 5.74) is 5.27. The van der Waals surface area contributed by atoms with E-state index in [2.05, 4.69) is 0 Å². The largest absolute Gasteiger partial charge is 0.493 e. The summed E-state index contributed by atoms with van der Waals surface area (Å²) in [6, 6.07) is 9.21. The topological polar surface area (TPSA) is 86.5 Å². The number of alkyl halides is 3. The third-order valence-corrected chi connectivity index (χ3v) is 6.39. The van der Waals surface area contributed by atoms with Gasteiger partial charge in [-0.15, -0.1) is 0 Å². The van der Waals surface area contributed by atoms with Crippen molar-refractivity contribution in [2.45, 2.75) is 12.6 Å². The van der Waals surface area contributed by atoms with E-state index in [-0.39, 0.29) is 40.9 Å². The molecule has 2 aromatic carbocycles. The van der Waals surface area contributed by atoms with Crippen molar-refractivity contribution in [2.24, 2.45) is 11.7 Å². The maximum atomic E-state index is 13.3. The fourth-order valence-corrected chi connectivity index (χ4v) is 4.90. The summed E-state index contributed by atoms with van der Waals surface area (Å²) in [4.78, 5) is 11.2. The van der Waals surface area contributed by atoms with Gasteiger partial charge in [0, 0.05) is 11.5 Å². The second kappa shape index (κ2) is 7.46. The van der Waals surface area contributed by atoms with Crippen LogP contribution in [0.1, 0.15) is 22.3 Å². The van der Waals surface area contributed by atoms with Gasteiger partial charge in [-0.1, -0.05) is 12.1 Å². The van der Waals surface area contributed by atoms with Gasteiger partial charge in [0.25, 0.3) is 0 Å². The number of halogens is 3. The number of benzene rings is 2. The van der Waals surface area contributed by atoms with Crippen molar-refractivity contribution in [3.63, 3.8) is 0 Å². The summed E-state index contributed by atoms with van der Waals surface area (Å²) in [6.45, 7) is 0.0284. The molecule has 1 aliphatic rings. The molecule has 1 atom stereocenters. The van der Waals surface area contributed by atoms with Crippen molar-refractivity contribution in [3.05, 3.63) is 53.6 Å². The zero-order chi connectivity index (χ0) is 20.5. The lowest BCUT2D eigenvalue weighted by atomic mass is 10.0. The Morgan fingerprint density at radius 3 is 2.32 bits per heavy atom. The molecule has 5 nitrogen and oxygen atoms in total. The lowest BCUT2D eigenvalue weighted by Crippen LogP contribution is -2.14. The molecular weight excluding hydrogens is 395 g/mol. The molecule has 1 heterocycles. The Bertz CT molecular complexity index is 985. The molecule has 1 unspecified atom stereocenters. The number of nitrogens with two attached hydrogens (primary N) is 1. The second-order valence-corrected chi connectivity index (χ2v) is 8.99. The Balaban J connectivity index is 1.88. The molecule has 9 heteroatoms. The van der Waals surface area contributed by atoms with E-state index in [4.69, 9.17) is 10.5 Å². The molecule has 0 aliphatic carbocycles. The molecule has 2 N–H and O–H groups in total. The Labute approximate surface area is 160 Å². The van der Waals surface area contributed by atoms with Crippen LogP contribution in [-0.2, 0) is 16.0 Å². The lowest BCUT2D eigenvalue weighted by Gasteiger charge is -2.15. The maximum absolute atomic E-state index is 13.3. The molecule has 1 amide bonds. The molecule has 0 bridgehead atoms. The quantitative estimate of drug-likeness (QED) is 0.815. The molecule has 0 radical (unpaired) electrons. The van der Waals surface area contributed by atoms with E-state index in [1.807, 2.05) is 0 Å². The van der Waals surface area contributed by atoms with Crippen molar-refractivity contribution in [3.8, 4) is 16.9 Å². The Hall–Kier alpha value is -2.55. The monoisotopic (exact) mass is 413 g/mol. The molecule has 1 saturated heterocycles. The van der Waals surface area contributed by atoms with Crippen LogP contribution in [0.2, 0.25) is 0 Å². The van der Waals surface area contributed by atoms with Crippen LogP contribution >= 0.6 is 0 Å². The highest BCUT2D eigenvalue weighted by molar-refractivity contribution is 7.91. The minimum atomic E-state index is -4.57. The highest BCUT2D eigenvalue weighted by atomic mass is 32.2. The number of sulfone groups is 1. The number of hydrogen-bond acceptors (Lipinski definition) is 4. The summed E-state index contributed by atoms with van der Waals surface area (Å²) in [5.74, 6) is -0.814. The van der Waals surface area contributed by atoms with Gasteiger partial charge in [-0.2, -0.15) is 13.2 Å². The van der Waals surface area contributed by atoms with Crippen LogP contribution in [0.5, 0.6) is 5.75 Å². The zero-order valence-electron chi connectivity index (χ0n) is 14.7. The maximum Gasteiger partial charge on any atom is 0.416 e. The van der Waals surface area contributed by atoms with Crippen molar-refractivity contribution in [2.75, 3.05) is 18.1 Å². The van der Waals surface area contributed by atoms with E-state index < -0.39 is 27.5 Å². The van der Waals surface area contributed by atoms with Crippen LogP contribution in [0.4, 0.5) is 13.2 Å². The first-order chi connectivity index (χ1) is 13.0. The highest BCUT2D eigenvalue weighted by Gasteiger charge is 2.32. The number of carbonyl (C=O) groups excluding carboxylic acids is 1. The first-order valence-electron chi connectivity index (χ1n) is 8.49. The molecule has 1 aliphatic heterocycles. The van der Waals surface area contributed by atoms with Crippen molar-refractivity contribution in [1.29, 1.82) is 0 Å². The SMILES string of the molecule is NC(=O)c1ccc(-c2cc(OCC3CCS(=O)(=O)C3)cc(C(F)(F)F)c2)cc1. The average molecular weight is 413 g/mol. The van der Waals surface area contributed by atoms with E-state index >= 15 is 0 Å². The van der Waals surface area contributed by atoms with Gasteiger partial charge in [-0.05, 0) is 47.9 Å². The summed E-state index contributed by atoms with van der Waals surface area (Å²) < 4.78 is 68.4. The molecule has 150 valence electrons. The summed E-state index contributed by atoms with van der Waals surface area (Å²) in [5, 5.41) is 0. The summed E-state index contributed by atoms with van der Waals surface area (Å²) >= 11 is 0. The van der Waals surface area contributed by atoms with Gasteiger partial charge in [-0.3, -0.25) is 4.79 Å². The van der Waals surface area contributed by atoms with E-state index in [1.165, 1.54) is 30.3 Å². The number of amides is 1. The van der Waals surface area contributed by atoms with Crippen LogP contribution in [0.25, 0.3) is 11.1 Å². The van der Waals surface area contributed by atoms with Crippen LogP contribution in [0.3, 0.4) is 0 Å². The highest BCUT2D eigenvalue weighted by Crippen LogP contribution is 2.36. The van der Waals surface area contributed by atoms with E-state index in [1.54, 1.807) is 0 Å². The normalized spacial score (nSPS) is 18.8. The number of primary amides is 1. The number of carbonyl (C=O) groups is 1. The molecule has 0 spiro atoms. The summed E-state index contributed by atoms with van der Waals surface area (Å²) in [7, 11) is -3.09. The minimum absolute atomic E-state index is 0.00750. The molecule has 1 fully saturated rings. The Morgan fingerprint density at radius 2 is 1.79 bits per heavy atom. The standard InChI is InChI=1S/C19H18F3NO4S/c20-19(21,22)16-7-15(13-1-3-14(4-2-13)18(23)24)8-17(9-16)27-10-12-5-6-28(25,26)11-12/h1-4,7-9,12H,5-6,10-11H2,(H2,23,24). The first kappa shape index (κ1) is 20.2. The molecule has 2 aromatic rings. The van der Waals surface area contributed by atoms with Crippen LogP contribution in [-0.4, -0.2) is 32.4 Å². The lowest BCUT2D eigenvalue weighted by molar-refractivity contribution is -0.137. The molecule has 0 aromatic heterocycles. The van der Waals surface area contributed by atoms with Crippen LogP contribution in [0.15, 0.2) is 42.5 Å². The molecule has 0 saturated carbocycles. The third-order valence-electron chi connectivity index (χ3n) is 4.55. The smallest absolute Gasteiger partial charge is 0.416 e. The third kappa shape index (κ3) is 4.83. The van der Waals surface area contributed by atoms with E-state index in [0.717, 1.165) is 12.1 Å². The van der Waals surface area contributed by atoms with Gasteiger partial charge in [0.15, 0.2) is 9.84 Å². The van der Waals surface area contributed by atoms with Crippen molar-refractivity contribution < 1.29 is 31.1 Å². The van der Waals surface area contributed by atoms with Gasteiger partial charge in [0.1, 0.15) is 5.75 Å². The predicted octanol–water partition coefficient (Wildman–Crippen LogP) is 3.28. The van der Waals surface area contributed by atoms with Crippen molar-refractivity contribution >= 4 is 15.7 Å².